The predicted molar refractivity (Wildman–Crippen MR) is 68.5 cm³/mol. The molecular weight excluding hydrogens is 220 g/mol. The molecule has 1 aromatic heterocycles. The summed E-state index contributed by atoms with van der Waals surface area (Å²) in [5, 5.41) is 2.89. The summed E-state index contributed by atoms with van der Waals surface area (Å²) in [7, 11) is 0. The van der Waals surface area contributed by atoms with Gasteiger partial charge in [-0.2, -0.15) is 0 Å². The highest BCUT2D eigenvalue weighted by molar-refractivity contribution is 7.12. The minimum absolute atomic E-state index is 0.0104. The van der Waals surface area contributed by atoms with Crippen LogP contribution in [-0.2, 0) is 11.3 Å². The van der Waals surface area contributed by atoms with E-state index in [0.717, 1.165) is 0 Å². The van der Waals surface area contributed by atoms with Gasteiger partial charge in [-0.15, -0.1) is 11.3 Å². The Morgan fingerprint density at radius 3 is 2.56 bits per heavy atom. The highest BCUT2D eigenvalue weighted by Gasteiger charge is 2.16. The molecular formula is C12H20N2OS. The maximum atomic E-state index is 11.5. The second kappa shape index (κ2) is 4.97. The number of hydrogen-bond donors (Lipinski definition) is 2. The van der Waals surface area contributed by atoms with Crippen molar-refractivity contribution in [2.45, 2.75) is 46.2 Å². The number of nitrogens with two attached hydrogens (primary N) is 1. The number of thiophene rings is 1. The van der Waals surface area contributed by atoms with Gasteiger partial charge in [0.15, 0.2) is 0 Å². The number of hydrogen-bond acceptors (Lipinski definition) is 3. The topological polar surface area (TPSA) is 55.1 Å². The molecule has 0 aromatic carbocycles. The molecule has 0 spiro atoms. The van der Waals surface area contributed by atoms with E-state index in [-0.39, 0.29) is 5.91 Å². The smallest absolute Gasteiger partial charge is 0.222 e. The van der Waals surface area contributed by atoms with E-state index in [0.29, 0.717) is 13.0 Å². The molecule has 1 heterocycles. The predicted octanol–water partition coefficient (Wildman–Crippen LogP) is 2.11. The number of rotatable bonds is 4. The molecule has 1 rings (SSSR count). The average Bonchev–Trinajstić information content (AvgIpc) is 2.40. The van der Waals surface area contributed by atoms with E-state index in [4.69, 9.17) is 5.73 Å². The molecule has 4 heteroatoms. The normalized spacial score (nSPS) is 11.6. The van der Waals surface area contributed by atoms with Crippen LogP contribution in [0.15, 0.2) is 6.07 Å². The van der Waals surface area contributed by atoms with Crippen LogP contribution in [0.3, 0.4) is 0 Å². The first-order chi connectivity index (χ1) is 7.28. The number of amides is 1. The van der Waals surface area contributed by atoms with Gasteiger partial charge in [0.25, 0.3) is 0 Å². The van der Waals surface area contributed by atoms with Gasteiger partial charge < -0.3 is 11.1 Å². The maximum absolute atomic E-state index is 11.5. The third kappa shape index (κ3) is 4.33. The van der Waals surface area contributed by atoms with Gasteiger partial charge in [-0.25, -0.2) is 0 Å². The van der Waals surface area contributed by atoms with E-state index >= 15 is 0 Å². The van der Waals surface area contributed by atoms with Crippen LogP contribution in [-0.4, -0.2) is 11.4 Å². The molecule has 0 atom stereocenters. The van der Waals surface area contributed by atoms with Gasteiger partial charge >= 0.3 is 0 Å². The number of aryl methyl sites for hydroxylation is 2. The first kappa shape index (κ1) is 13.2. The lowest BCUT2D eigenvalue weighted by Gasteiger charge is -2.17. The van der Waals surface area contributed by atoms with Crippen molar-refractivity contribution in [1.82, 2.24) is 5.32 Å². The lowest BCUT2D eigenvalue weighted by Crippen LogP contribution is -2.38. The monoisotopic (exact) mass is 240 g/mol. The van der Waals surface area contributed by atoms with Crippen LogP contribution in [0.2, 0.25) is 0 Å². The van der Waals surface area contributed by atoms with Crippen LogP contribution in [0.4, 0.5) is 0 Å². The third-order valence-electron chi connectivity index (χ3n) is 2.29. The molecule has 0 saturated heterocycles. The van der Waals surface area contributed by atoms with Gasteiger partial charge in [0.05, 0.1) is 6.54 Å². The molecule has 3 N–H and O–H groups in total. The fraction of sp³-hybridized carbons (Fsp3) is 0.583. The van der Waals surface area contributed by atoms with E-state index in [1.54, 1.807) is 11.3 Å². The quantitative estimate of drug-likeness (QED) is 0.847. The van der Waals surface area contributed by atoms with E-state index < -0.39 is 5.54 Å². The van der Waals surface area contributed by atoms with Gasteiger partial charge in [0.1, 0.15) is 0 Å². The summed E-state index contributed by atoms with van der Waals surface area (Å²) in [5.41, 5.74) is 6.62. The first-order valence-electron chi connectivity index (χ1n) is 5.39. The molecule has 0 radical (unpaired) electrons. The zero-order chi connectivity index (χ0) is 12.3. The largest absolute Gasteiger partial charge is 0.351 e. The van der Waals surface area contributed by atoms with Crippen LogP contribution in [0.25, 0.3) is 0 Å². The molecule has 0 aliphatic carbocycles. The SMILES string of the molecule is Cc1cc(CNC(=O)CC(C)(C)N)sc1C. The fourth-order valence-corrected chi connectivity index (χ4v) is 2.39. The highest BCUT2D eigenvalue weighted by Crippen LogP contribution is 2.20. The average molecular weight is 240 g/mol. The Bertz CT molecular complexity index is 357. The van der Waals surface area contributed by atoms with Crippen molar-refractivity contribution in [1.29, 1.82) is 0 Å². The Labute approximate surface area is 101 Å². The second-order valence-electron chi connectivity index (χ2n) is 4.89. The molecule has 1 aromatic rings. The lowest BCUT2D eigenvalue weighted by molar-refractivity contribution is -0.122. The van der Waals surface area contributed by atoms with Crippen molar-refractivity contribution in [3.05, 3.63) is 21.4 Å². The Morgan fingerprint density at radius 1 is 1.50 bits per heavy atom. The summed E-state index contributed by atoms with van der Waals surface area (Å²) in [6.45, 7) is 8.49. The van der Waals surface area contributed by atoms with E-state index in [1.165, 1.54) is 15.3 Å². The van der Waals surface area contributed by atoms with Crippen LogP contribution in [0, 0.1) is 13.8 Å². The molecule has 3 nitrogen and oxygen atoms in total. The van der Waals surface area contributed by atoms with Crippen molar-refractivity contribution in [2.24, 2.45) is 5.73 Å². The maximum Gasteiger partial charge on any atom is 0.222 e. The molecule has 0 bridgehead atoms. The molecule has 0 aliphatic heterocycles. The van der Waals surface area contributed by atoms with Crippen LogP contribution in [0.1, 0.15) is 35.6 Å². The highest BCUT2D eigenvalue weighted by atomic mass is 32.1. The van der Waals surface area contributed by atoms with Crippen molar-refractivity contribution in [3.8, 4) is 0 Å². The molecule has 1 amide bonds. The standard InChI is InChI=1S/C12H20N2OS/c1-8-5-10(16-9(8)2)7-14-11(15)6-12(3,4)13/h5H,6-7,13H2,1-4H3,(H,14,15). The first-order valence-corrected chi connectivity index (χ1v) is 6.21. The van der Waals surface area contributed by atoms with E-state index in [2.05, 4.69) is 25.2 Å². The zero-order valence-electron chi connectivity index (χ0n) is 10.4. The minimum atomic E-state index is -0.439. The summed E-state index contributed by atoms with van der Waals surface area (Å²) >= 11 is 1.73. The summed E-state index contributed by atoms with van der Waals surface area (Å²) in [6.07, 6.45) is 0.357. The molecule has 0 fully saturated rings. The molecule has 16 heavy (non-hydrogen) atoms. The molecule has 0 aliphatic rings. The Morgan fingerprint density at radius 2 is 2.12 bits per heavy atom. The molecule has 0 unspecified atom stereocenters. The summed E-state index contributed by atoms with van der Waals surface area (Å²) in [6, 6.07) is 2.12. The number of carbonyl (C=O) groups is 1. The number of carbonyl (C=O) groups excluding carboxylic acids is 1. The summed E-state index contributed by atoms with van der Waals surface area (Å²) in [5.74, 6) is 0.0104. The van der Waals surface area contributed by atoms with Crippen molar-refractivity contribution in [3.63, 3.8) is 0 Å². The second-order valence-corrected chi connectivity index (χ2v) is 6.23. The molecule has 0 saturated carbocycles. The van der Waals surface area contributed by atoms with E-state index in [9.17, 15) is 4.79 Å². The fourth-order valence-electron chi connectivity index (χ4n) is 1.40. The van der Waals surface area contributed by atoms with Crippen LogP contribution in [0.5, 0.6) is 0 Å². The third-order valence-corrected chi connectivity index (χ3v) is 3.45. The van der Waals surface area contributed by atoms with Gasteiger partial charge in [-0.05, 0) is 39.3 Å². The van der Waals surface area contributed by atoms with Crippen molar-refractivity contribution >= 4 is 17.2 Å². The van der Waals surface area contributed by atoms with Crippen LogP contribution >= 0.6 is 11.3 Å². The molecule has 90 valence electrons. The van der Waals surface area contributed by atoms with Gasteiger partial charge in [0.2, 0.25) is 5.91 Å². The Balaban J connectivity index is 2.43. The van der Waals surface area contributed by atoms with Crippen molar-refractivity contribution < 1.29 is 4.79 Å². The van der Waals surface area contributed by atoms with Gasteiger partial charge in [-0.3, -0.25) is 4.79 Å². The van der Waals surface area contributed by atoms with Gasteiger partial charge in [0, 0.05) is 21.7 Å². The lowest BCUT2D eigenvalue weighted by atomic mass is 10.0. The minimum Gasteiger partial charge on any atom is -0.351 e. The van der Waals surface area contributed by atoms with Crippen LogP contribution < -0.4 is 11.1 Å². The van der Waals surface area contributed by atoms with Gasteiger partial charge in [-0.1, -0.05) is 0 Å². The Kier molecular flexibility index (Phi) is 4.10. The zero-order valence-corrected chi connectivity index (χ0v) is 11.2. The number of nitrogens with one attached hydrogen (secondary N) is 1. The summed E-state index contributed by atoms with van der Waals surface area (Å²) in [4.78, 5) is 14.0. The summed E-state index contributed by atoms with van der Waals surface area (Å²) < 4.78 is 0. The Hall–Kier alpha value is -0.870. The van der Waals surface area contributed by atoms with Crippen molar-refractivity contribution in [2.75, 3.05) is 0 Å². The van der Waals surface area contributed by atoms with E-state index in [1.807, 2.05) is 13.8 Å².